The quantitative estimate of drug-likeness (QED) is 0.682. The molecule has 2 atom stereocenters. The SMILES string of the molecule is NC(C1CCCC1)C1CCCO1. The summed E-state index contributed by atoms with van der Waals surface area (Å²) in [6.07, 6.45) is 8.22. The van der Waals surface area contributed by atoms with Crippen LogP contribution < -0.4 is 5.73 Å². The second-order valence-electron chi connectivity index (χ2n) is 4.17. The minimum absolute atomic E-state index is 0.329. The van der Waals surface area contributed by atoms with E-state index >= 15 is 0 Å². The fraction of sp³-hybridized carbons (Fsp3) is 1.00. The summed E-state index contributed by atoms with van der Waals surface area (Å²) in [7, 11) is 0. The van der Waals surface area contributed by atoms with Crippen molar-refractivity contribution in [1.29, 1.82) is 0 Å². The minimum Gasteiger partial charge on any atom is -0.377 e. The summed E-state index contributed by atoms with van der Waals surface area (Å²) in [5.74, 6) is 0.757. The maximum Gasteiger partial charge on any atom is 0.0729 e. The van der Waals surface area contributed by atoms with E-state index in [0.29, 0.717) is 12.1 Å². The van der Waals surface area contributed by atoms with Crippen LogP contribution in [0.1, 0.15) is 38.5 Å². The van der Waals surface area contributed by atoms with E-state index in [1.54, 1.807) is 0 Å². The van der Waals surface area contributed by atoms with Gasteiger partial charge in [-0.25, -0.2) is 0 Å². The molecule has 2 heteroatoms. The molecule has 2 aliphatic rings. The van der Waals surface area contributed by atoms with Crippen LogP contribution in [0, 0.1) is 5.92 Å². The second kappa shape index (κ2) is 3.75. The van der Waals surface area contributed by atoms with E-state index in [1.807, 2.05) is 0 Å². The topological polar surface area (TPSA) is 35.2 Å². The number of nitrogens with two attached hydrogens (primary N) is 1. The molecule has 0 aromatic carbocycles. The normalized spacial score (nSPS) is 34.2. The Morgan fingerprint density at radius 2 is 1.83 bits per heavy atom. The van der Waals surface area contributed by atoms with Gasteiger partial charge in [0.15, 0.2) is 0 Å². The molecule has 2 rings (SSSR count). The first kappa shape index (κ1) is 8.52. The third-order valence-electron chi connectivity index (χ3n) is 3.34. The van der Waals surface area contributed by atoms with Gasteiger partial charge in [0.05, 0.1) is 6.10 Å². The van der Waals surface area contributed by atoms with Crippen molar-refractivity contribution in [3.8, 4) is 0 Å². The lowest BCUT2D eigenvalue weighted by molar-refractivity contribution is 0.0726. The first-order valence-corrected chi connectivity index (χ1v) is 5.25. The standard InChI is InChI=1S/C10H19NO/c11-10(8-4-1-2-5-8)9-6-3-7-12-9/h8-10H,1-7,11H2. The number of hydrogen-bond acceptors (Lipinski definition) is 2. The van der Waals surface area contributed by atoms with Crippen LogP contribution in [0.2, 0.25) is 0 Å². The Kier molecular flexibility index (Phi) is 2.66. The zero-order chi connectivity index (χ0) is 8.39. The lowest BCUT2D eigenvalue weighted by Crippen LogP contribution is -2.39. The highest BCUT2D eigenvalue weighted by molar-refractivity contribution is 4.85. The molecule has 1 saturated heterocycles. The maximum absolute atomic E-state index is 6.16. The molecule has 12 heavy (non-hydrogen) atoms. The van der Waals surface area contributed by atoms with Gasteiger partial charge in [-0.3, -0.25) is 0 Å². The fourth-order valence-electron chi connectivity index (χ4n) is 2.55. The highest BCUT2D eigenvalue weighted by Gasteiger charge is 2.30. The Morgan fingerprint density at radius 1 is 1.08 bits per heavy atom. The number of rotatable bonds is 2. The molecule has 0 bridgehead atoms. The summed E-state index contributed by atoms with van der Waals surface area (Å²) >= 11 is 0. The molecule has 1 aliphatic heterocycles. The van der Waals surface area contributed by atoms with Gasteiger partial charge in [0, 0.05) is 12.6 Å². The zero-order valence-corrected chi connectivity index (χ0v) is 7.67. The number of hydrogen-bond donors (Lipinski definition) is 1. The van der Waals surface area contributed by atoms with E-state index in [2.05, 4.69) is 0 Å². The van der Waals surface area contributed by atoms with E-state index in [0.717, 1.165) is 12.5 Å². The molecule has 70 valence electrons. The predicted octanol–water partition coefficient (Wildman–Crippen LogP) is 1.68. The molecular formula is C10H19NO. The van der Waals surface area contributed by atoms with Crippen LogP contribution in [-0.2, 0) is 4.74 Å². The summed E-state index contributed by atoms with van der Waals surface area (Å²) in [4.78, 5) is 0. The Hall–Kier alpha value is -0.0800. The summed E-state index contributed by atoms with van der Waals surface area (Å²) in [5, 5.41) is 0. The Labute approximate surface area is 74.5 Å². The molecular weight excluding hydrogens is 150 g/mol. The van der Waals surface area contributed by atoms with Gasteiger partial charge in [0.25, 0.3) is 0 Å². The van der Waals surface area contributed by atoms with Gasteiger partial charge in [0.2, 0.25) is 0 Å². The molecule has 0 aromatic heterocycles. The van der Waals surface area contributed by atoms with E-state index in [4.69, 9.17) is 10.5 Å². The molecule has 2 nitrogen and oxygen atoms in total. The van der Waals surface area contributed by atoms with E-state index in [9.17, 15) is 0 Å². The molecule has 1 saturated carbocycles. The van der Waals surface area contributed by atoms with Gasteiger partial charge < -0.3 is 10.5 Å². The zero-order valence-electron chi connectivity index (χ0n) is 7.67. The molecule has 0 radical (unpaired) electrons. The largest absolute Gasteiger partial charge is 0.377 e. The van der Waals surface area contributed by atoms with Gasteiger partial charge >= 0.3 is 0 Å². The summed E-state index contributed by atoms with van der Waals surface area (Å²) in [5.41, 5.74) is 6.16. The Balaban J connectivity index is 1.84. The van der Waals surface area contributed by atoms with Crippen molar-refractivity contribution in [2.24, 2.45) is 11.7 Å². The summed E-state index contributed by atoms with van der Waals surface area (Å²) in [6.45, 7) is 0.936. The van der Waals surface area contributed by atoms with E-state index in [1.165, 1.54) is 38.5 Å². The van der Waals surface area contributed by atoms with Crippen LogP contribution in [0.25, 0.3) is 0 Å². The van der Waals surface area contributed by atoms with Crippen LogP contribution in [0.15, 0.2) is 0 Å². The molecule has 0 aromatic rings. The van der Waals surface area contributed by atoms with Crippen LogP contribution in [0.3, 0.4) is 0 Å². The van der Waals surface area contributed by atoms with Crippen LogP contribution in [-0.4, -0.2) is 18.8 Å². The smallest absolute Gasteiger partial charge is 0.0729 e. The average molecular weight is 169 g/mol. The van der Waals surface area contributed by atoms with Gasteiger partial charge in [-0.05, 0) is 31.6 Å². The molecule has 2 N–H and O–H groups in total. The van der Waals surface area contributed by atoms with Crippen molar-refractivity contribution >= 4 is 0 Å². The van der Waals surface area contributed by atoms with Crippen molar-refractivity contribution < 1.29 is 4.74 Å². The molecule has 2 unspecified atom stereocenters. The summed E-state index contributed by atoms with van der Waals surface area (Å²) in [6, 6.07) is 0.329. The first-order chi connectivity index (χ1) is 5.88. The Morgan fingerprint density at radius 3 is 2.42 bits per heavy atom. The molecule has 1 heterocycles. The van der Waals surface area contributed by atoms with Crippen molar-refractivity contribution in [3.05, 3.63) is 0 Å². The summed E-state index contributed by atoms with van der Waals surface area (Å²) < 4.78 is 5.60. The van der Waals surface area contributed by atoms with Crippen molar-refractivity contribution in [2.45, 2.75) is 50.7 Å². The fourth-order valence-corrected chi connectivity index (χ4v) is 2.55. The van der Waals surface area contributed by atoms with Crippen molar-refractivity contribution in [2.75, 3.05) is 6.61 Å². The maximum atomic E-state index is 6.16. The monoisotopic (exact) mass is 169 g/mol. The third-order valence-corrected chi connectivity index (χ3v) is 3.34. The molecule has 0 amide bonds. The van der Waals surface area contributed by atoms with Gasteiger partial charge in [-0.1, -0.05) is 12.8 Å². The molecule has 1 aliphatic carbocycles. The predicted molar refractivity (Wildman–Crippen MR) is 48.9 cm³/mol. The highest BCUT2D eigenvalue weighted by atomic mass is 16.5. The second-order valence-corrected chi connectivity index (χ2v) is 4.17. The lowest BCUT2D eigenvalue weighted by atomic mass is 9.93. The van der Waals surface area contributed by atoms with Gasteiger partial charge in [0.1, 0.15) is 0 Å². The van der Waals surface area contributed by atoms with Crippen LogP contribution in [0.4, 0.5) is 0 Å². The minimum atomic E-state index is 0.329. The molecule has 2 fully saturated rings. The van der Waals surface area contributed by atoms with Crippen molar-refractivity contribution in [1.82, 2.24) is 0 Å². The van der Waals surface area contributed by atoms with Gasteiger partial charge in [-0.15, -0.1) is 0 Å². The van der Waals surface area contributed by atoms with Crippen LogP contribution in [0.5, 0.6) is 0 Å². The molecule has 0 spiro atoms. The Bertz CT molecular complexity index is 121. The third kappa shape index (κ3) is 1.64. The average Bonchev–Trinajstić information content (AvgIpc) is 2.77. The highest BCUT2D eigenvalue weighted by Crippen LogP contribution is 2.31. The first-order valence-electron chi connectivity index (χ1n) is 5.25. The van der Waals surface area contributed by atoms with E-state index in [-0.39, 0.29) is 0 Å². The lowest BCUT2D eigenvalue weighted by Gasteiger charge is -2.24. The van der Waals surface area contributed by atoms with E-state index < -0.39 is 0 Å². The number of ether oxygens (including phenoxy) is 1. The van der Waals surface area contributed by atoms with Crippen molar-refractivity contribution in [3.63, 3.8) is 0 Å². The van der Waals surface area contributed by atoms with Gasteiger partial charge in [-0.2, -0.15) is 0 Å². The van der Waals surface area contributed by atoms with Crippen LogP contribution >= 0.6 is 0 Å².